The lowest BCUT2D eigenvalue weighted by molar-refractivity contribution is 0.282. The van der Waals surface area contributed by atoms with Gasteiger partial charge in [-0.2, -0.15) is 0 Å². The Kier molecular flexibility index (Phi) is 4.25. The van der Waals surface area contributed by atoms with E-state index in [-0.39, 0.29) is 22.6 Å². The summed E-state index contributed by atoms with van der Waals surface area (Å²) in [6, 6.07) is 4.74. The van der Waals surface area contributed by atoms with E-state index >= 15 is 0 Å². The molecule has 0 aliphatic carbocycles. The van der Waals surface area contributed by atoms with E-state index in [1.54, 1.807) is 6.07 Å². The fraction of sp³-hybridized carbons (Fsp3) is 0.571. The summed E-state index contributed by atoms with van der Waals surface area (Å²) in [7, 11) is -3.57. The molecule has 5 nitrogen and oxygen atoms in total. The van der Waals surface area contributed by atoms with Crippen LogP contribution in [0.15, 0.2) is 23.1 Å². The number of aliphatic hydroxyl groups excluding tert-OH is 1. The zero-order valence-electron chi connectivity index (χ0n) is 11.6. The van der Waals surface area contributed by atoms with E-state index < -0.39 is 10.0 Å². The lowest BCUT2D eigenvalue weighted by Gasteiger charge is -2.21. The lowest BCUT2D eigenvalue weighted by atomic mass is 10.1. The Morgan fingerprint density at radius 3 is 2.86 bits per heavy atom. The minimum absolute atomic E-state index is 0.0196. The highest BCUT2D eigenvalue weighted by atomic mass is 35.5. The molecular formula is C14H19ClN2O3S. The largest absolute Gasteiger partial charge is 0.392 e. The highest BCUT2D eigenvalue weighted by Gasteiger charge is 2.39. The van der Waals surface area contributed by atoms with Crippen molar-refractivity contribution in [3.8, 4) is 0 Å². The van der Waals surface area contributed by atoms with Crippen molar-refractivity contribution in [3.63, 3.8) is 0 Å². The molecule has 0 amide bonds. The SMILES string of the molecule is O=S(=O)(NC1CCN2CCCC12)c1ccc(CO)c(Cl)c1. The van der Waals surface area contributed by atoms with Crippen LogP contribution in [0.25, 0.3) is 0 Å². The molecule has 2 aliphatic rings. The number of sulfonamides is 1. The maximum Gasteiger partial charge on any atom is 0.240 e. The van der Waals surface area contributed by atoms with Gasteiger partial charge in [-0.25, -0.2) is 13.1 Å². The van der Waals surface area contributed by atoms with Crippen molar-refractivity contribution >= 4 is 21.6 Å². The van der Waals surface area contributed by atoms with Crippen LogP contribution in [0.1, 0.15) is 24.8 Å². The van der Waals surface area contributed by atoms with E-state index in [1.165, 1.54) is 12.1 Å². The van der Waals surface area contributed by atoms with Gasteiger partial charge in [0, 0.05) is 23.7 Å². The van der Waals surface area contributed by atoms with Gasteiger partial charge < -0.3 is 5.11 Å². The van der Waals surface area contributed by atoms with Gasteiger partial charge in [-0.15, -0.1) is 0 Å². The summed E-state index contributed by atoms with van der Waals surface area (Å²) in [6.45, 7) is 1.83. The van der Waals surface area contributed by atoms with Crippen molar-refractivity contribution < 1.29 is 13.5 Å². The van der Waals surface area contributed by atoms with Crippen LogP contribution in [-0.2, 0) is 16.6 Å². The van der Waals surface area contributed by atoms with E-state index in [2.05, 4.69) is 9.62 Å². The zero-order valence-corrected chi connectivity index (χ0v) is 13.2. The number of nitrogens with zero attached hydrogens (tertiary/aromatic N) is 1. The average molecular weight is 331 g/mol. The smallest absolute Gasteiger partial charge is 0.240 e. The van der Waals surface area contributed by atoms with Crippen molar-refractivity contribution in [2.24, 2.45) is 0 Å². The summed E-state index contributed by atoms with van der Waals surface area (Å²) < 4.78 is 27.8. The number of nitrogens with one attached hydrogen (secondary N) is 1. The van der Waals surface area contributed by atoms with Crippen molar-refractivity contribution in [1.82, 2.24) is 9.62 Å². The maximum absolute atomic E-state index is 12.5. The predicted octanol–water partition coefficient (Wildman–Crippen LogP) is 1.35. The van der Waals surface area contributed by atoms with Gasteiger partial charge in [0.25, 0.3) is 0 Å². The number of benzene rings is 1. The molecule has 2 fully saturated rings. The molecule has 116 valence electrons. The third-order valence-corrected chi connectivity index (χ3v) is 6.26. The number of halogens is 1. The summed E-state index contributed by atoms with van der Waals surface area (Å²) in [5, 5.41) is 9.36. The van der Waals surface area contributed by atoms with Crippen LogP contribution in [0, 0.1) is 0 Å². The fourth-order valence-electron chi connectivity index (χ4n) is 3.31. The summed E-state index contributed by atoms with van der Waals surface area (Å²) in [5.74, 6) is 0. The number of hydrogen-bond donors (Lipinski definition) is 2. The van der Waals surface area contributed by atoms with E-state index in [0.29, 0.717) is 11.6 Å². The molecule has 2 heterocycles. The van der Waals surface area contributed by atoms with Gasteiger partial charge in [-0.1, -0.05) is 17.7 Å². The fourth-order valence-corrected chi connectivity index (χ4v) is 4.95. The molecule has 0 aromatic heterocycles. The summed E-state index contributed by atoms with van der Waals surface area (Å²) >= 11 is 5.98. The molecule has 1 aromatic rings. The van der Waals surface area contributed by atoms with Crippen LogP contribution in [0.5, 0.6) is 0 Å². The van der Waals surface area contributed by atoms with E-state index in [9.17, 15) is 8.42 Å². The lowest BCUT2D eigenvalue weighted by Crippen LogP contribution is -2.42. The van der Waals surface area contributed by atoms with Gasteiger partial charge in [0.1, 0.15) is 0 Å². The molecule has 0 spiro atoms. The molecule has 2 aliphatic heterocycles. The minimum Gasteiger partial charge on any atom is -0.392 e. The highest BCUT2D eigenvalue weighted by Crippen LogP contribution is 2.29. The van der Waals surface area contributed by atoms with E-state index in [0.717, 1.165) is 32.4 Å². The van der Waals surface area contributed by atoms with Crippen LogP contribution < -0.4 is 4.72 Å². The molecule has 1 aromatic carbocycles. The highest BCUT2D eigenvalue weighted by molar-refractivity contribution is 7.89. The standard InChI is InChI=1S/C14H19ClN2O3S/c15-12-8-11(4-3-10(12)9-18)21(19,20)16-13-5-7-17-6-1-2-14(13)17/h3-4,8,13-14,16,18H,1-2,5-7,9H2. The Hall–Kier alpha value is -0.660. The molecule has 0 radical (unpaired) electrons. The first-order valence-electron chi connectivity index (χ1n) is 7.17. The summed E-state index contributed by atoms with van der Waals surface area (Å²) in [6.07, 6.45) is 3.05. The number of fused-ring (bicyclic) bond motifs is 1. The van der Waals surface area contributed by atoms with Crippen LogP contribution in [0.3, 0.4) is 0 Å². The predicted molar refractivity (Wildman–Crippen MR) is 80.7 cm³/mol. The second-order valence-electron chi connectivity index (χ2n) is 5.67. The molecule has 2 saturated heterocycles. The van der Waals surface area contributed by atoms with Crippen LogP contribution in [0.4, 0.5) is 0 Å². The third-order valence-electron chi connectivity index (χ3n) is 4.42. The zero-order chi connectivity index (χ0) is 15.0. The molecule has 21 heavy (non-hydrogen) atoms. The number of rotatable bonds is 4. The Balaban J connectivity index is 1.79. The quantitative estimate of drug-likeness (QED) is 0.874. The Labute approximate surface area is 130 Å². The van der Waals surface area contributed by atoms with Gasteiger partial charge in [-0.3, -0.25) is 4.90 Å². The summed E-state index contributed by atoms with van der Waals surface area (Å²) in [4.78, 5) is 2.51. The number of hydrogen-bond acceptors (Lipinski definition) is 4. The normalized spacial score (nSPS) is 26.2. The number of aliphatic hydroxyl groups is 1. The van der Waals surface area contributed by atoms with Gasteiger partial charge in [0.15, 0.2) is 0 Å². The van der Waals surface area contributed by atoms with Gasteiger partial charge in [-0.05, 0) is 43.5 Å². The molecule has 7 heteroatoms. The topological polar surface area (TPSA) is 69.6 Å². The summed E-state index contributed by atoms with van der Waals surface area (Å²) in [5.41, 5.74) is 0.526. The molecule has 0 saturated carbocycles. The monoisotopic (exact) mass is 330 g/mol. The Morgan fingerprint density at radius 2 is 2.14 bits per heavy atom. The molecule has 3 rings (SSSR count). The Bertz CT molecular complexity index is 635. The van der Waals surface area contributed by atoms with Crippen LogP contribution >= 0.6 is 11.6 Å². The molecule has 2 N–H and O–H groups in total. The Morgan fingerprint density at radius 1 is 1.33 bits per heavy atom. The van der Waals surface area contributed by atoms with Crippen molar-refractivity contribution in [2.75, 3.05) is 13.1 Å². The first kappa shape index (κ1) is 15.2. The average Bonchev–Trinajstić information content (AvgIpc) is 3.03. The second kappa shape index (κ2) is 5.85. The van der Waals surface area contributed by atoms with Gasteiger partial charge >= 0.3 is 0 Å². The molecule has 0 bridgehead atoms. The second-order valence-corrected chi connectivity index (χ2v) is 7.79. The maximum atomic E-state index is 12.5. The molecular weight excluding hydrogens is 312 g/mol. The third kappa shape index (κ3) is 2.96. The van der Waals surface area contributed by atoms with E-state index in [4.69, 9.17) is 16.7 Å². The first-order valence-corrected chi connectivity index (χ1v) is 9.03. The molecule has 2 unspecified atom stereocenters. The molecule has 2 atom stereocenters. The van der Waals surface area contributed by atoms with Crippen molar-refractivity contribution in [1.29, 1.82) is 0 Å². The van der Waals surface area contributed by atoms with Gasteiger partial charge in [0.05, 0.1) is 11.5 Å². The first-order chi connectivity index (χ1) is 10.0. The van der Waals surface area contributed by atoms with Crippen molar-refractivity contribution in [2.45, 2.75) is 42.8 Å². The van der Waals surface area contributed by atoms with Crippen molar-refractivity contribution in [3.05, 3.63) is 28.8 Å². The van der Waals surface area contributed by atoms with Crippen LogP contribution in [0.2, 0.25) is 5.02 Å². The van der Waals surface area contributed by atoms with Crippen LogP contribution in [-0.4, -0.2) is 43.6 Å². The van der Waals surface area contributed by atoms with E-state index in [1.807, 2.05) is 0 Å². The minimum atomic E-state index is -3.57. The van der Waals surface area contributed by atoms with Gasteiger partial charge in [0.2, 0.25) is 10.0 Å².